The van der Waals surface area contributed by atoms with Crippen LogP contribution in [-0.4, -0.2) is 30.9 Å². The second-order valence-electron chi connectivity index (χ2n) is 6.03. The smallest absolute Gasteiger partial charge is 0.220 e. The van der Waals surface area contributed by atoms with Gasteiger partial charge in [-0.1, -0.05) is 0 Å². The third-order valence-electron chi connectivity index (χ3n) is 3.94. The molecular formula is C19H21NO5. The number of carbonyl (C=O) groups excluding carboxylic acids is 2. The summed E-state index contributed by atoms with van der Waals surface area (Å²) in [7, 11) is 0. The predicted octanol–water partition coefficient (Wildman–Crippen LogP) is 2.76. The fourth-order valence-corrected chi connectivity index (χ4v) is 2.72. The van der Waals surface area contributed by atoms with Crippen molar-refractivity contribution in [1.29, 1.82) is 0 Å². The van der Waals surface area contributed by atoms with Crippen LogP contribution >= 0.6 is 0 Å². The standard InChI is InChI=1S/C19H21NO5/c1-13(11-15-3-2-8-23-15)20-19(22)7-5-16(21)14-4-6-17-18(12-14)25-10-9-24-17/h2-4,6,8,12-13H,5,7,9-11H2,1H3,(H,20,22). The van der Waals surface area contributed by atoms with E-state index in [0.717, 1.165) is 5.76 Å². The zero-order valence-corrected chi connectivity index (χ0v) is 14.1. The van der Waals surface area contributed by atoms with E-state index in [0.29, 0.717) is 36.7 Å². The van der Waals surface area contributed by atoms with E-state index in [1.165, 1.54) is 0 Å². The van der Waals surface area contributed by atoms with Gasteiger partial charge in [0.15, 0.2) is 17.3 Å². The summed E-state index contributed by atoms with van der Waals surface area (Å²) < 4.78 is 16.2. The lowest BCUT2D eigenvalue weighted by Crippen LogP contribution is -2.34. The number of furan rings is 1. The number of rotatable bonds is 7. The van der Waals surface area contributed by atoms with Crippen LogP contribution in [-0.2, 0) is 11.2 Å². The summed E-state index contributed by atoms with van der Waals surface area (Å²) in [5.74, 6) is 1.80. The van der Waals surface area contributed by atoms with Crippen LogP contribution in [0.5, 0.6) is 11.5 Å². The largest absolute Gasteiger partial charge is 0.486 e. The molecule has 1 unspecified atom stereocenters. The van der Waals surface area contributed by atoms with E-state index in [1.54, 1.807) is 24.5 Å². The lowest BCUT2D eigenvalue weighted by atomic mass is 10.1. The molecule has 6 heteroatoms. The van der Waals surface area contributed by atoms with Gasteiger partial charge < -0.3 is 19.2 Å². The Hall–Kier alpha value is -2.76. The molecule has 0 bridgehead atoms. The highest BCUT2D eigenvalue weighted by Crippen LogP contribution is 2.31. The van der Waals surface area contributed by atoms with Gasteiger partial charge in [-0.3, -0.25) is 9.59 Å². The van der Waals surface area contributed by atoms with Crippen molar-refractivity contribution in [2.24, 2.45) is 0 Å². The molecule has 1 N–H and O–H groups in total. The highest BCUT2D eigenvalue weighted by molar-refractivity contribution is 5.98. The van der Waals surface area contributed by atoms with Crippen LogP contribution in [0.3, 0.4) is 0 Å². The van der Waals surface area contributed by atoms with Crippen LogP contribution < -0.4 is 14.8 Å². The number of ketones is 1. The van der Waals surface area contributed by atoms with Crippen LogP contribution in [0.4, 0.5) is 0 Å². The number of benzene rings is 1. The molecule has 0 saturated carbocycles. The van der Waals surface area contributed by atoms with Crippen molar-refractivity contribution in [2.75, 3.05) is 13.2 Å². The molecule has 25 heavy (non-hydrogen) atoms. The van der Waals surface area contributed by atoms with E-state index in [4.69, 9.17) is 13.9 Å². The van der Waals surface area contributed by atoms with Gasteiger partial charge in [-0.05, 0) is 37.3 Å². The maximum absolute atomic E-state index is 12.3. The van der Waals surface area contributed by atoms with Crippen molar-refractivity contribution < 1.29 is 23.5 Å². The van der Waals surface area contributed by atoms with Gasteiger partial charge in [-0.25, -0.2) is 0 Å². The van der Waals surface area contributed by atoms with Crippen molar-refractivity contribution in [3.63, 3.8) is 0 Å². The summed E-state index contributed by atoms with van der Waals surface area (Å²) in [6.07, 6.45) is 2.53. The first-order valence-electron chi connectivity index (χ1n) is 8.36. The minimum Gasteiger partial charge on any atom is -0.486 e. The average Bonchev–Trinajstić information content (AvgIpc) is 3.12. The Morgan fingerprint density at radius 3 is 2.68 bits per heavy atom. The lowest BCUT2D eigenvalue weighted by Gasteiger charge is -2.18. The maximum Gasteiger partial charge on any atom is 0.220 e. The molecule has 132 valence electrons. The maximum atomic E-state index is 12.3. The number of amides is 1. The Balaban J connectivity index is 1.47. The first-order chi connectivity index (χ1) is 12.1. The second-order valence-corrected chi connectivity index (χ2v) is 6.03. The van der Waals surface area contributed by atoms with Gasteiger partial charge >= 0.3 is 0 Å². The van der Waals surface area contributed by atoms with Crippen LogP contribution in [0.25, 0.3) is 0 Å². The van der Waals surface area contributed by atoms with E-state index < -0.39 is 0 Å². The molecule has 0 fully saturated rings. The van der Waals surface area contributed by atoms with Gasteiger partial charge in [-0.2, -0.15) is 0 Å². The van der Waals surface area contributed by atoms with E-state index in [2.05, 4.69) is 5.32 Å². The van der Waals surface area contributed by atoms with Crippen LogP contribution in [0.2, 0.25) is 0 Å². The Bertz CT molecular complexity index is 738. The minimum absolute atomic E-state index is 0.0527. The number of hydrogen-bond acceptors (Lipinski definition) is 5. The molecule has 1 aromatic carbocycles. The van der Waals surface area contributed by atoms with E-state index in [1.807, 2.05) is 19.1 Å². The zero-order valence-electron chi connectivity index (χ0n) is 14.1. The third-order valence-corrected chi connectivity index (χ3v) is 3.94. The van der Waals surface area contributed by atoms with Gasteiger partial charge in [0.25, 0.3) is 0 Å². The summed E-state index contributed by atoms with van der Waals surface area (Å²) in [6, 6.07) is 8.74. The number of ether oxygens (including phenoxy) is 2. The Morgan fingerprint density at radius 2 is 1.92 bits per heavy atom. The molecule has 2 heterocycles. The van der Waals surface area contributed by atoms with E-state index in [-0.39, 0.29) is 30.6 Å². The fraction of sp³-hybridized carbons (Fsp3) is 0.368. The Kier molecular flexibility index (Phi) is 5.38. The number of Topliss-reactive ketones (excluding diaryl/α,β-unsaturated/α-hetero) is 1. The zero-order chi connectivity index (χ0) is 17.6. The first-order valence-corrected chi connectivity index (χ1v) is 8.36. The molecule has 0 aliphatic carbocycles. The van der Waals surface area contributed by atoms with Crippen molar-refractivity contribution in [3.05, 3.63) is 47.9 Å². The van der Waals surface area contributed by atoms with Crippen molar-refractivity contribution in [1.82, 2.24) is 5.32 Å². The highest BCUT2D eigenvalue weighted by Gasteiger charge is 2.16. The van der Waals surface area contributed by atoms with Gasteiger partial charge in [0.1, 0.15) is 19.0 Å². The average molecular weight is 343 g/mol. The van der Waals surface area contributed by atoms with Crippen LogP contribution in [0.1, 0.15) is 35.9 Å². The molecule has 1 aliphatic heterocycles. The molecule has 0 spiro atoms. The monoisotopic (exact) mass is 343 g/mol. The number of hydrogen-bond donors (Lipinski definition) is 1. The Labute approximate surface area is 146 Å². The number of fused-ring (bicyclic) bond motifs is 1. The molecule has 1 atom stereocenters. The molecule has 3 rings (SSSR count). The van der Waals surface area contributed by atoms with Crippen LogP contribution in [0, 0.1) is 0 Å². The number of carbonyl (C=O) groups is 2. The molecule has 2 aromatic rings. The van der Waals surface area contributed by atoms with Gasteiger partial charge in [-0.15, -0.1) is 0 Å². The van der Waals surface area contributed by atoms with Gasteiger partial charge in [0.2, 0.25) is 5.91 Å². The van der Waals surface area contributed by atoms with Crippen molar-refractivity contribution in [3.8, 4) is 11.5 Å². The quantitative estimate of drug-likeness (QED) is 0.782. The number of nitrogens with one attached hydrogen (secondary N) is 1. The SMILES string of the molecule is CC(Cc1ccco1)NC(=O)CCC(=O)c1ccc2c(c1)OCCO2. The minimum atomic E-state index is -0.148. The van der Waals surface area contributed by atoms with E-state index >= 15 is 0 Å². The first kappa shape index (κ1) is 17.1. The topological polar surface area (TPSA) is 77.8 Å². The third kappa shape index (κ3) is 4.62. The molecule has 1 aliphatic rings. The summed E-state index contributed by atoms with van der Waals surface area (Å²) in [6.45, 7) is 2.89. The van der Waals surface area contributed by atoms with Gasteiger partial charge in [0.05, 0.1) is 6.26 Å². The second kappa shape index (κ2) is 7.88. The molecule has 0 radical (unpaired) electrons. The highest BCUT2D eigenvalue weighted by atomic mass is 16.6. The summed E-state index contributed by atoms with van der Waals surface area (Å²) in [4.78, 5) is 24.3. The summed E-state index contributed by atoms with van der Waals surface area (Å²) in [5, 5.41) is 2.88. The molecule has 1 amide bonds. The normalized spacial score (nSPS) is 14.0. The van der Waals surface area contributed by atoms with E-state index in [9.17, 15) is 9.59 Å². The molecule has 1 aromatic heterocycles. The molecule has 0 saturated heterocycles. The summed E-state index contributed by atoms with van der Waals surface area (Å²) in [5.41, 5.74) is 0.528. The predicted molar refractivity (Wildman–Crippen MR) is 91.0 cm³/mol. The van der Waals surface area contributed by atoms with Gasteiger partial charge in [0, 0.05) is 30.9 Å². The lowest BCUT2D eigenvalue weighted by molar-refractivity contribution is -0.121. The summed E-state index contributed by atoms with van der Waals surface area (Å²) >= 11 is 0. The van der Waals surface area contributed by atoms with Crippen molar-refractivity contribution in [2.45, 2.75) is 32.2 Å². The van der Waals surface area contributed by atoms with Crippen LogP contribution in [0.15, 0.2) is 41.0 Å². The molecular weight excluding hydrogens is 322 g/mol. The molecule has 6 nitrogen and oxygen atoms in total. The van der Waals surface area contributed by atoms with Crippen molar-refractivity contribution >= 4 is 11.7 Å². The Morgan fingerprint density at radius 1 is 1.12 bits per heavy atom. The fourth-order valence-electron chi connectivity index (χ4n) is 2.72.